The smallest absolute Gasteiger partial charge is 0.358 e. The highest BCUT2D eigenvalue weighted by Crippen LogP contribution is 2.29. The summed E-state index contributed by atoms with van der Waals surface area (Å²) < 4.78 is 9.82. The second-order valence-corrected chi connectivity index (χ2v) is 4.47. The van der Waals surface area contributed by atoms with Crippen molar-refractivity contribution >= 4 is 23.4 Å². The number of nitrogen functional groups attached to an aromatic ring is 1. The molecule has 0 spiro atoms. The molecule has 21 heavy (non-hydrogen) atoms. The Hall–Kier alpha value is -2.41. The highest BCUT2D eigenvalue weighted by atomic mass is 35.5. The summed E-state index contributed by atoms with van der Waals surface area (Å²) in [5, 5.41) is -0.0513. The van der Waals surface area contributed by atoms with E-state index in [2.05, 4.69) is 19.7 Å². The molecular weight excluding hydrogens is 296 g/mol. The van der Waals surface area contributed by atoms with E-state index in [0.29, 0.717) is 11.4 Å². The van der Waals surface area contributed by atoms with Crippen LogP contribution < -0.4 is 10.5 Å². The van der Waals surface area contributed by atoms with Crippen molar-refractivity contribution in [2.75, 3.05) is 20.0 Å². The minimum Gasteiger partial charge on any atom is -0.480 e. The molecule has 0 amide bonds. The van der Waals surface area contributed by atoms with E-state index in [9.17, 15) is 4.79 Å². The summed E-state index contributed by atoms with van der Waals surface area (Å²) in [4.78, 5) is 24.1. The lowest BCUT2D eigenvalue weighted by atomic mass is 10.2. The molecule has 0 saturated carbocycles. The van der Waals surface area contributed by atoms with Crippen molar-refractivity contribution in [3.05, 3.63) is 28.5 Å². The number of hydrogen-bond acceptors (Lipinski definition) is 7. The molecule has 2 rings (SSSR count). The number of halogens is 1. The van der Waals surface area contributed by atoms with E-state index in [1.165, 1.54) is 14.2 Å². The summed E-state index contributed by atoms with van der Waals surface area (Å²) in [6.45, 7) is 1.82. The van der Waals surface area contributed by atoms with Gasteiger partial charge in [0.15, 0.2) is 11.5 Å². The van der Waals surface area contributed by atoms with Crippen LogP contribution in [0.3, 0.4) is 0 Å². The maximum Gasteiger partial charge on any atom is 0.358 e. The van der Waals surface area contributed by atoms with Gasteiger partial charge in [-0.1, -0.05) is 11.6 Å². The molecule has 0 bridgehead atoms. The van der Waals surface area contributed by atoms with Crippen LogP contribution in [-0.2, 0) is 4.74 Å². The van der Waals surface area contributed by atoms with Gasteiger partial charge in [-0.3, -0.25) is 0 Å². The van der Waals surface area contributed by atoms with Gasteiger partial charge in [0.1, 0.15) is 10.8 Å². The molecule has 2 heterocycles. The van der Waals surface area contributed by atoms with Crippen molar-refractivity contribution in [2.24, 2.45) is 0 Å². The second-order valence-electron chi connectivity index (χ2n) is 4.10. The number of carbonyl (C=O) groups excluding carboxylic acids is 1. The van der Waals surface area contributed by atoms with E-state index in [-0.39, 0.29) is 22.4 Å². The van der Waals surface area contributed by atoms with E-state index in [0.717, 1.165) is 5.69 Å². The first-order valence-electron chi connectivity index (χ1n) is 5.91. The number of carbonyl (C=O) groups is 1. The Morgan fingerprint density at radius 1 is 1.24 bits per heavy atom. The fraction of sp³-hybridized carbons (Fsp3) is 0.231. The lowest BCUT2D eigenvalue weighted by molar-refractivity contribution is 0.0594. The van der Waals surface area contributed by atoms with Crippen LogP contribution in [0.25, 0.3) is 11.4 Å². The van der Waals surface area contributed by atoms with Gasteiger partial charge in [0.2, 0.25) is 5.88 Å². The predicted molar refractivity (Wildman–Crippen MR) is 77.3 cm³/mol. The summed E-state index contributed by atoms with van der Waals surface area (Å²) >= 11 is 5.93. The molecule has 0 atom stereocenters. The normalized spacial score (nSPS) is 10.3. The fourth-order valence-corrected chi connectivity index (χ4v) is 1.84. The van der Waals surface area contributed by atoms with Gasteiger partial charge >= 0.3 is 5.97 Å². The third-order valence-electron chi connectivity index (χ3n) is 2.69. The number of methoxy groups -OCH3 is 2. The Morgan fingerprint density at radius 2 is 1.95 bits per heavy atom. The SMILES string of the molecule is COC(=O)c1nc(-c2ccc(C)nc2OC)nc(N)c1Cl. The van der Waals surface area contributed by atoms with Gasteiger partial charge in [-0.2, -0.15) is 0 Å². The summed E-state index contributed by atoms with van der Waals surface area (Å²) in [7, 11) is 2.70. The first-order chi connectivity index (χ1) is 9.97. The minimum absolute atomic E-state index is 0.0234. The summed E-state index contributed by atoms with van der Waals surface area (Å²) in [6, 6.07) is 3.49. The number of hydrogen-bond donors (Lipinski definition) is 1. The van der Waals surface area contributed by atoms with Crippen molar-refractivity contribution in [1.82, 2.24) is 15.0 Å². The molecule has 0 aliphatic heterocycles. The van der Waals surface area contributed by atoms with Gasteiger partial charge in [0.25, 0.3) is 0 Å². The first-order valence-corrected chi connectivity index (χ1v) is 6.29. The quantitative estimate of drug-likeness (QED) is 0.864. The van der Waals surface area contributed by atoms with Crippen LogP contribution in [0, 0.1) is 6.92 Å². The molecule has 0 radical (unpaired) electrons. The van der Waals surface area contributed by atoms with Crippen molar-refractivity contribution in [3.8, 4) is 17.3 Å². The lowest BCUT2D eigenvalue weighted by Crippen LogP contribution is -2.10. The highest BCUT2D eigenvalue weighted by molar-refractivity contribution is 6.35. The largest absolute Gasteiger partial charge is 0.480 e. The number of ether oxygens (including phenoxy) is 2. The van der Waals surface area contributed by atoms with Crippen LogP contribution in [0.1, 0.15) is 16.2 Å². The van der Waals surface area contributed by atoms with Gasteiger partial charge in [0.05, 0.1) is 19.8 Å². The number of anilines is 1. The van der Waals surface area contributed by atoms with Crippen molar-refractivity contribution in [1.29, 1.82) is 0 Å². The zero-order valence-electron chi connectivity index (χ0n) is 11.7. The van der Waals surface area contributed by atoms with Crippen LogP contribution in [0.2, 0.25) is 5.02 Å². The molecule has 0 saturated heterocycles. The Balaban J connectivity index is 2.65. The zero-order valence-corrected chi connectivity index (χ0v) is 12.4. The molecule has 0 unspecified atom stereocenters. The third-order valence-corrected chi connectivity index (χ3v) is 3.06. The maximum atomic E-state index is 11.7. The first kappa shape index (κ1) is 15.0. The van der Waals surface area contributed by atoms with Gasteiger partial charge < -0.3 is 15.2 Å². The standard InChI is InChI=1S/C13H13ClN4O3/c1-6-4-5-7(12(16-6)20-2)11-17-9(13(19)21-3)8(14)10(15)18-11/h4-5H,1-3H3,(H2,15,17,18). The van der Waals surface area contributed by atoms with Gasteiger partial charge in [-0.05, 0) is 19.1 Å². The highest BCUT2D eigenvalue weighted by Gasteiger charge is 2.20. The summed E-state index contributed by atoms with van der Waals surface area (Å²) in [5.74, 6) is -0.215. The number of nitrogens with zero attached hydrogens (tertiary/aromatic N) is 3. The number of pyridine rings is 1. The molecule has 0 fully saturated rings. The molecule has 0 aliphatic rings. The van der Waals surface area contributed by atoms with Crippen molar-refractivity contribution in [3.63, 3.8) is 0 Å². The van der Waals surface area contributed by atoms with E-state index >= 15 is 0 Å². The van der Waals surface area contributed by atoms with E-state index in [4.69, 9.17) is 22.1 Å². The van der Waals surface area contributed by atoms with Crippen LogP contribution in [0.4, 0.5) is 5.82 Å². The number of esters is 1. The van der Waals surface area contributed by atoms with Crippen LogP contribution in [0.15, 0.2) is 12.1 Å². The summed E-state index contributed by atoms with van der Waals surface area (Å²) in [5.41, 5.74) is 6.88. The molecule has 110 valence electrons. The average molecular weight is 309 g/mol. The number of aromatic nitrogens is 3. The topological polar surface area (TPSA) is 100 Å². The molecule has 0 aliphatic carbocycles. The molecule has 8 heteroatoms. The Kier molecular flexibility index (Phi) is 4.23. The number of nitrogens with two attached hydrogens (primary N) is 1. The number of aryl methyl sites for hydroxylation is 1. The Morgan fingerprint density at radius 3 is 2.57 bits per heavy atom. The van der Waals surface area contributed by atoms with Crippen LogP contribution in [0.5, 0.6) is 5.88 Å². The van der Waals surface area contributed by atoms with Gasteiger partial charge in [-0.25, -0.2) is 19.7 Å². The molecule has 2 N–H and O–H groups in total. The fourth-order valence-electron chi connectivity index (χ4n) is 1.68. The second kappa shape index (κ2) is 5.92. The average Bonchev–Trinajstić information content (AvgIpc) is 2.49. The van der Waals surface area contributed by atoms with Gasteiger partial charge in [0, 0.05) is 5.69 Å². The summed E-state index contributed by atoms with van der Waals surface area (Å²) in [6.07, 6.45) is 0. The molecule has 0 aromatic carbocycles. The lowest BCUT2D eigenvalue weighted by Gasteiger charge is -2.10. The maximum absolute atomic E-state index is 11.7. The van der Waals surface area contributed by atoms with Crippen molar-refractivity contribution in [2.45, 2.75) is 6.92 Å². The molecule has 7 nitrogen and oxygen atoms in total. The minimum atomic E-state index is -0.700. The monoisotopic (exact) mass is 308 g/mol. The third kappa shape index (κ3) is 2.87. The van der Waals surface area contributed by atoms with Crippen LogP contribution >= 0.6 is 11.6 Å². The van der Waals surface area contributed by atoms with E-state index in [1.807, 2.05) is 6.92 Å². The van der Waals surface area contributed by atoms with Gasteiger partial charge in [-0.15, -0.1) is 0 Å². The molecule has 2 aromatic heterocycles. The van der Waals surface area contributed by atoms with Crippen LogP contribution in [-0.4, -0.2) is 35.1 Å². The van der Waals surface area contributed by atoms with E-state index < -0.39 is 5.97 Å². The van der Waals surface area contributed by atoms with Crippen molar-refractivity contribution < 1.29 is 14.3 Å². The zero-order chi connectivity index (χ0) is 15.6. The Bertz CT molecular complexity index is 706. The Labute approximate surface area is 126 Å². The van der Waals surface area contributed by atoms with E-state index in [1.54, 1.807) is 12.1 Å². The molecule has 2 aromatic rings. The number of rotatable bonds is 3. The predicted octanol–water partition coefficient (Wildman–Crippen LogP) is 1.88. The molecular formula is C13H13ClN4O3.